The van der Waals surface area contributed by atoms with Gasteiger partial charge in [0.2, 0.25) is 0 Å². The number of benzene rings is 2. The van der Waals surface area contributed by atoms with Crippen molar-refractivity contribution in [2.45, 2.75) is 20.8 Å². The molecule has 0 spiro atoms. The summed E-state index contributed by atoms with van der Waals surface area (Å²) in [5.74, 6) is -0.655. The molecular formula is C22H23FN4O. The minimum absolute atomic E-state index is 0.189. The third kappa shape index (κ3) is 3.42. The first kappa shape index (κ1) is 18.3. The minimum Gasteiger partial charge on any atom is -0.368 e. The Balaban J connectivity index is 1.58. The maximum absolute atomic E-state index is 14.1. The highest BCUT2D eigenvalue weighted by Crippen LogP contribution is 2.23. The summed E-state index contributed by atoms with van der Waals surface area (Å²) in [4.78, 5) is 26.1. The van der Waals surface area contributed by atoms with Crippen molar-refractivity contribution in [3.8, 4) is 0 Å². The fourth-order valence-electron chi connectivity index (χ4n) is 3.62. The number of fused-ring (bicyclic) bond motifs is 1. The number of hydrogen-bond acceptors (Lipinski definition) is 4. The lowest BCUT2D eigenvalue weighted by molar-refractivity contribution is 0.0748. The van der Waals surface area contributed by atoms with Crippen molar-refractivity contribution in [2.75, 3.05) is 31.1 Å². The molecule has 0 radical (unpaired) electrons. The highest BCUT2D eigenvalue weighted by Gasteiger charge is 2.25. The van der Waals surface area contributed by atoms with Crippen molar-refractivity contribution in [3.63, 3.8) is 0 Å². The highest BCUT2D eigenvalue weighted by molar-refractivity contribution is 6.04. The van der Waals surface area contributed by atoms with E-state index in [1.165, 1.54) is 23.4 Å². The van der Waals surface area contributed by atoms with Crippen molar-refractivity contribution in [3.05, 3.63) is 64.7 Å². The van der Waals surface area contributed by atoms with Crippen LogP contribution in [0, 0.1) is 26.6 Å². The van der Waals surface area contributed by atoms with Crippen LogP contribution in [0.1, 0.15) is 27.3 Å². The molecule has 1 fully saturated rings. The highest BCUT2D eigenvalue weighted by atomic mass is 19.1. The van der Waals surface area contributed by atoms with Crippen LogP contribution in [-0.2, 0) is 0 Å². The zero-order valence-corrected chi connectivity index (χ0v) is 16.4. The minimum atomic E-state index is -0.466. The third-order valence-corrected chi connectivity index (χ3v) is 5.31. The Bertz CT molecular complexity index is 1060. The van der Waals surface area contributed by atoms with Gasteiger partial charge in [-0.15, -0.1) is 0 Å². The summed E-state index contributed by atoms with van der Waals surface area (Å²) < 4.78 is 14.1. The molecule has 1 saturated heterocycles. The SMILES string of the molecule is Cc1cccc(N2CCN(C(=O)c3cc(F)cc4nc(C)c(C)nc34)CC2)c1. The zero-order chi connectivity index (χ0) is 19.8. The second kappa shape index (κ2) is 7.19. The molecule has 1 aliphatic heterocycles. The van der Waals surface area contributed by atoms with Crippen LogP contribution in [0.15, 0.2) is 36.4 Å². The lowest BCUT2D eigenvalue weighted by atomic mass is 10.1. The van der Waals surface area contributed by atoms with Crippen molar-refractivity contribution in [1.82, 2.24) is 14.9 Å². The van der Waals surface area contributed by atoms with Gasteiger partial charge in [0, 0.05) is 37.9 Å². The lowest BCUT2D eigenvalue weighted by Crippen LogP contribution is -2.48. The Morgan fingerprint density at radius 1 is 0.964 bits per heavy atom. The molecule has 2 aromatic carbocycles. The maximum Gasteiger partial charge on any atom is 0.256 e. The molecule has 28 heavy (non-hydrogen) atoms. The van der Waals surface area contributed by atoms with Crippen LogP contribution < -0.4 is 4.90 Å². The Morgan fingerprint density at radius 2 is 1.68 bits per heavy atom. The molecule has 1 amide bonds. The molecule has 0 saturated carbocycles. The number of anilines is 1. The second-order valence-electron chi connectivity index (χ2n) is 7.33. The summed E-state index contributed by atoms with van der Waals surface area (Å²) in [7, 11) is 0. The number of halogens is 1. The normalized spacial score (nSPS) is 14.6. The largest absolute Gasteiger partial charge is 0.368 e. The van der Waals surface area contributed by atoms with Crippen molar-refractivity contribution in [2.24, 2.45) is 0 Å². The van der Waals surface area contributed by atoms with E-state index in [4.69, 9.17) is 0 Å². The molecule has 0 aliphatic carbocycles. The molecule has 6 heteroatoms. The van der Waals surface area contributed by atoms with E-state index in [9.17, 15) is 9.18 Å². The second-order valence-corrected chi connectivity index (χ2v) is 7.33. The number of piperazine rings is 1. The van der Waals surface area contributed by atoms with Gasteiger partial charge < -0.3 is 9.80 Å². The number of carbonyl (C=O) groups is 1. The van der Waals surface area contributed by atoms with E-state index in [-0.39, 0.29) is 11.5 Å². The van der Waals surface area contributed by atoms with E-state index >= 15 is 0 Å². The first-order valence-corrected chi connectivity index (χ1v) is 9.48. The van der Waals surface area contributed by atoms with E-state index in [1.54, 1.807) is 4.90 Å². The van der Waals surface area contributed by atoms with Gasteiger partial charge in [0.1, 0.15) is 11.3 Å². The topological polar surface area (TPSA) is 49.3 Å². The van der Waals surface area contributed by atoms with Gasteiger partial charge in [-0.1, -0.05) is 12.1 Å². The summed E-state index contributed by atoms with van der Waals surface area (Å²) in [5.41, 5.74) is 5.04. The summed E-state index contributed by atoms with van der Waals surface area (Å²) in [6, 6.07) is 11.0. The van der Waals surface area contributed by atoms with E-state index in [0.29, 0.717) is 24.1 Å². The van der Waals surface area contributed by atoms with Gasteiger partial charge in [-0.3, -0.25) is 4.79 Å². The number of carbonyl (C=O) groups excluding carboxylic acids is 1. The number of amides is 1. The number of nitrogens with zero attached hydrogens (tertiary/aromatic N) is 4. The van der Waals surface area contributed by atoms with Crippen LogP contribution in [-0.4, -0.2) is 47.0 Å². The molecule has 4 rings (SSSR count). The summed E-state index contributed by atoms with van der Waals surface area (Å²) in [6.07, 6.45) is 0. The van der Waals surface area contributed by atoms with Gasteiger partial charge in [-0.2, -0.15) is 0 Å². The van der Waals surface area contributed by atoms with E-state index in [0.717, 1.165) is 24.5 Å². The fraction of sp³-hybridized carbons (Fsp3) is 0.318. The predicted octanol–water partition coefficient (Wildman–Crippen LogP) is 3.66. The molecule has 5 nitrogen and oxygen atoms in total. The average Bonchev–Trinajstić information content (AvgIpc) is 2.68. The van der Waals surface area contributed by atoms with Gasteiger partial charge in [0.05, 0.1) is 22.5 Å². The molecule has 1 aliphatic rings. The van der Waals surface area contributed by atoms with Gasteiger partial charge in [-0.05, 0) is 44.5 Å². The molecular weight excluding hydrogens is 355 g/mol. The van der Waals surface area contributed by atoms with Crippen LogP contribution in [0.25, 0.3) is 11.0 Å². The van der Waals surface area contributed by atoms with Crippen molar-refractivity contribution < 1.29 is 9.18 Å². The standard InChI is InChI=1S/C22H23FN4O/c1-14-5-4-6-18(11-14)26-7-9-27(10-8-26)22(28)19-12-17(23)13-20-21(19)25-16(3)15(2)24-20/h4-6,11-13H,7-10H2,1-3H3. The van der Waals surface area contributed by atoms with E-state index in [2.05, 4.69) is 40.0 Å². The van der Waals surface area contributed by atoms with Crippen molar-refractivity contribution in [1.29, 1.82) is 0 Å². The monoisotopic (exact) mass is 378 g/mol. The Kier molecular flexibility index (Phi) is 4.71. The fourth-order valence-corrected chi connectivity index (χ4v) is 3.62. The van der Waals surface area contributed by atoms with Crippen LogP contribution in [0.2, 0.25) is 0 Å². The number of aryl methyl sites for hydroxylation is 3. The first-order chi connectivity index (χ1) is 13.4. The third-order valence-electron chi connectivity index (χ3n) is 5.31. The van der Waals surface area contributed by atoms with Crippen LogP contribution in [0.4, 0.5) is 10.1 Å². The van der Waals surface area contributed by atoms with Crippen LogP contribution in [0.3, 0.4) is 0 Å². The molecule has 3 aromatic rings. The molecule has 0 bridgehead atoms. The maximum atomic E-state index is 14.1. The average molecular weight is 378 g/mol. The quantitative estimate of drug-likeness (QED) is 0.683. The Hall–Kier alpha value is -3.02. The molecule has 0 unspecified atom stereocenters. The number of hydrogen-bond donors (Lipinski definition) is 0. The lowest BCUT2D eigenvalue weighted by Gasteiger charge is -2.36. The molecule has 144 valence electrons. The predicted molar refractivity (Wildman–Crippen MR) is 108 cm³/mol. The van der Waals surface area contributed by atoms with Crippen molar-refractivity contribution >= 4 is 22.6 Å². The van der Waals surface area contributed by atoms with Gasteiger partial charge >= 0.3 is 0 Å². The Morgan fingerprint density at radius 3 is 2.39 bits per heavy atom. The van der Waals surface area contributed by atoms with Gasteiger partial charge in [-0.25, -0.2) is 14.4 Å². The van der Waals surface area contributed by atoms with E-state index < -0.39 is 5.82 Å². The number of aromatic nitrogens is 2. The summed E-state index contributed by atoms with van der Waals surface area (Å²) >= 11 is 0. The first-order valence-electron chi connectivity index (χ1n) is 9.48. The summed E-state index contributed by atoms with van der Waals surface area (Å²) in [5, 5.41) is 0. The summed E-state index contributed by atoms with van der Waals surface area (Å²) in [6.45, 7) is 8.41. The van der Waals surface area contributed by atoms with E-state index in [1.807, 2.05) is 19.9 Å². The molecule has 0 N–H and O–H groups in total. The van der Waals surface area contributed by atoms with Crippen LogP contribution >= 0.6 is 0 Å². The zero-order valence-electron chi connectivity index (χ0n) is 16.4. The smallest absolute Gasteiger partial charge is 0.256 e. The van der Waals surface area contributed by atoms with Gasteiger partial charge in [0.25, 0.3) is 5.91 Å². The Labute approximate surface area is 163 Å². The van der Waals surface area contributed by atoms with Crippen LogP contribution in [0.5, 0.6) is 0 Å². The molecule has 2 heterocycles. The van der Waals surface area contributed by atoms with Gasteiger partial charge in [0.15, 0.2) is 0 Å². The number of rotatable bonds is 2. The molecule has 1 aromatic heterocycles. The molecule has 0 atom stereocenters.